The van der Waals surface area contributed by atoms with Crippen LogP contribution in [-0.4, -0.2) is 46.1 Å². The van der Waals surface area contributed by atoms with Crippen LogP contribution in [0.25, 0.3) is 0 Å². The van der Waals surface area contributed by atoms with E-state index in [2.05, 4.69) is 5.10 Å². The minimum atomic E-state index is -0.984. The maximum atomic E-state index is 13.9. The van der Waals surface area contributed by atoms with E-state index >= 15 is 0 Å². The van der Waals surface area contributed by atoms with E-state index in [4.69, 9.17) is 0 Å². The molecule has 148 valence electrons. The predicted octanol–water partition coefficient (Wildman–Crippen LogP) is 2.29. The summed E-state index contributed by atoms with van der Waals surface area (Å²) in [5, 5.41) is 4.13. The summed E-state index contributed by atoms with van der Waals surface area (Å²) in [6, 6.07) is 3.84. The van der Waals surface area contributed by atoms with Crippen molar-refractivity contribution in [2.75, 3.05) is 24.5 Å². The van der Waals surface area contributed by atoms with Gasteiger partial charge in [0.25, 0.3) is 0 Å². The first-order valence-corrected chi connectivity index (χ1v) is 9.41. The van der Waals surface area contributed by atoms with Crippen molar-refractivity contribution in [2.45, 2.75) is 25.7 Å². The Morgan fingerprint density at radius 1 is 1.25 bits per heavy atom. The third-order valence-corrected chi connectivity index (χ3v) is 5.82. The van der Waals surface area contributed by atoms with Gasteiger partial charge < -0.3 is 9.80 Å². The van der Waals surface area contributed by atoms with Gasteiger partial charge in [0.15, 0.2) is 11.6 Å². The Labute approximate surface area is 161 Å². The lowest BCUT2D eigenvalue weighted by atomic mass is 9.78. The normalized spacial score (nSPS) is 22.3. The topological polar surface area (TPSA) is 58.4 Å². The van der Waals surface area contributed by atoms with Crippen LogP contribution in [-0.2, 0) is 23.1 Å². The third kappa shape index (κ3) is 3.16. The number of hydrogen-bond acceptors (Lipinski definition) is 3. The molecule has 28 heavy (non-hydrogen) atoms. The average Bonchev–Trinajstić information content (AvgIpc) is 3.23. The quantitative estimate of drug-likeness (QED) is 0.811. The second kappa shape index (κ2) is 7.00. The van der Waals surface area contributed by atoms with Crippen LogP contribution in [0.5, 0.6) is 0 Å². The zero-order valence-corrected chi connectivity index (χ0v) is 15.7. The Morgan fingerprint density at radius 3 is 2.82 bits per heavy atom. The van der Waals surface area contributed by atoms with Gasteiger partial charge >= 0.3 is 0 Å². The van der Waals surface area contributed by atoms with Gasteiger partial charge in [-0.1, -0.05) is 12.1 Å². The van der Waals surface area contributed by atoms with Gasteiger partial charge in [0.1, 0.15) is 0 Å². The molecular weight excluding hydrogens is 366 g/mol. The Kier molecular flexibility index (Phi) is 4.64. The summed E-state index contributed by atoms with van der Waals surface area (Å²) in [6.07, 6.45) is 5.36. The average molecular weight is 388 g/mol. The van der Waals surface area contributed by atoms with E-state index in [0.717, 1.165) is 18.2 Å². The van der Waals surface area contributed by atoms with Crippen molar-refractivity contribution >= 4 is 17.5 Å². The minimum absolute atomic E-state index is 0.00920. The van der Waals surface area contributed by atoms with Crippen LogP contribution >= 0.6 is 0 Å². The van der Waals surface area contributed by atoms with Gasteiger partial charge in [-0.25, -0.2) is 8.78 Å². The number of piperidine rings is 1. The van der Waals surface area contributed by atoms with Gasteiger partial charge in [0.05, 0.1) is 23.7 Å². The van der Waals surface area contributed by atoms with E-state index in [1.165, 1.54) is 12.1 Å². The lowest BCUT2D eigenvalue weighted by Gasteiger charge is -2.39. The molecule has 1 spiro atoms. The fourth-order valence-corrected chi connectivity index (χ4v) is 4.30. The summed E-state index contributed by atoms with van der Waals surface area (Å²) in [5.41, 5.74) is 0.193. The fourth-order valence-electron chi connectivity index (χ4n) is 4.30. The number of aromatic nitrogens is 2. The molecule has 2 amide bonds. The zero-order chi connectivity index (χ0) is 19.9. The molecule has 1 atom stereocenters. The summed E-state index contributed by atoms with van der Waals surface area (Å²) in [6.45, 7) is 1.43. The van der Waals surface area contributed by atoms with Gasteiger partial charge in [-0.2, -0.15) is 5.10 Å². The highest BCUT2D eigenvalue weighted by molar-refractivity contribution is 6.00. The van der Waals surface area contributed by atoms with Crippen LogP contribution in [0, 0.1) is 17.0 Å². The van der Waals surface area contributed by atoms with E-state index in [1.54, 1.807) is 33.9 Å². The number of carbonyl (C=O) groups is 2. The molecule has 2 aliphatic heterocycles. The molecule has 4 rings (SSSR count). The summed E-state index contributed by atoms with van der Waals surface area (Å²) < 4.78 is 29.0. The zero-order valence-electron chi connectivity index (χ0n) is 15.7. The molecule has 0 bridgehead atoms. The number of likely N-dealkylation sites (tertiary alicyclic amines) is 1. The molecule has 2 saturated heterocycles. The Bertz CT molecular complexity index is 929. The summed E-state index contributed by atoms with van der Waals surface area (Å²) in [5.74, 6) is -2.22. The molecule has 1 aromatic carbocycles. The molecule has 0 N–H and O–H groups in total. The van der Waals surface area contributed by atoms with Crippen molar-refractivity contribution in [1.82, 2.24) is 14.7 Å². The molecule has 3 heterocycles. The first-order chi connectivity index (χ1) is 13.4. The first kappa shape index (κ1) is 18.6. The van der Waals surface area contributed by atoms with Crippen molar-refractivity contribution in [1.29, 1.82) is 0 Å². The van der Waals surface area contributed by atoms with E-state index < -0.39 is 17.0 Å². The highest BCUT2D eigenvalue weighted by Gasteiger charge is 2.50. The molecule has 2 aromatic rings. The first-order valence-electron chi connectivity index (χ1n) is 9.41. The maximum Gasteiger partial charge on any atom is 0.235 e. The SMILES string of the molecule is Cn1cc(N2CC[C@]3(CCCN(C(=O)Cc4cccc(F)c4F)C3)C2=O)cn1. The second-order valence-corrected chi connectivity index (χ2v) is 7.67. The van der Waals surface area contributed by atoms with Crippen LogP contribution in [0.2, 0.25) is 0 Å². The number of rotatable bonds is 3. The van der Waals surface area contributed by atoms with Crippen molar-refractivity contribution in [3.8, 4) is 0 Å². The van der Waals surface area contributed by atoms with Gasteiger partial charge in [-0.3, -0.25) is 14.3 Å². The van der Waals surface area contributed by atoms with Crippen LogP contribution in [0.15, 0.2) is 30.6 Å². The largest absolute Gasteiger partial charge is 0.341 e. The van der Waals surface area contributed by atoms with E-state index in [9.17, 15) is 18.4 Å². The number of hydrogen-bond donors (Lipinski definition) is 0. The Morgan fingerprint density at radius 2 is 2.07 bits per heavy atom. The van der Waals surface area contributed by atoms with Crippen LogP contribution in [0.3, 0.4) is 0 Å². The van der Waals surface area contributed by atoms with E-state index in [0.29, 0.717) is 32.5 Å². The molecule has 8 heteroatoms. The molecule has 0 radical (unpaired) electrons. The molecule has 0 saturated carbocycles. The number of benzene rings is 1. The summed E-state index contributed by atoms with van der Waals surface area (Å²) in [7, 11) is 1.80. The maximum absolute atomic E-state index is 13.9. The summed E-state index contributed by atoms with van der Waals surface area (Å²) in [4.78, 5) is 29.2. The molecule has 6 nitrogen and oxygen atoms in total. The monoisotopic (exact) mass is 388 g/mol. The molecular formula is C20H22F2N4O2. The standard InChI is InChI=1S/C20H22F2N4O2/c1-24-12-15(11-23-24)26-9-7-20(19(26)28)6-3-8-25(13-20)17(27)10-14-4-2-5-16(21)18(14)22/h2,4-5,11-12H,3,6-10,13H2,1H3/t20-/m0/s1. The van der Waals surface area contributed by atoms with Gasteiger partial charge in [0.2, 0.25) is 11.8 Å². The third-order valence-electron chi connectivity index (χ3n) is 5.82. The van der Waals surface area contributed by atoms with Gasteiger partial charge in [-0.15, -0.1) is 0 Å². The minimum Gasteiger partial charge on any atom is -0.341 e. The smallest absolute Gasteiger partial charge is 0.235 e. The van der Waals surface area contributed by atoms with Gasteiger partial charge in [-0.05, 0) is 25.3 Å². The molecule has 0 aliphatic carbocycles. The molecule has 2 fully saturated rings. The van der Waals surface area contributed by atoms with Crippen LogP contribution in [0.4, 0.5) is 14.5 Å². The van der Waals surface area contributed by atoms with Crippen LogP contribution in [0.1, 0.15) is 24.8 Å². The highest BCUT2D eigenvalue weighted by atomic mass is 19.2. The summed E-state index contributed by atoms with van der Waals surface area (Å²) >= 11 is 0. The van der Waals surface area contributed by atoms with E-state index in [1.807, 2.05) is 0 Å². The molecule has 2 aliphatic rings. The van der Waals surface area contributed by atoms with Crippen molar-refractivity contribution in [3.05, 3.63) is 47.8 Å². The van der Waals surface area contributed by atoms with E-state index in [-0.39, 0.29) is 23.8 Å². The molecule has 1 aromatic heterocycles. The van der Waals surface area contributed by atoms with Gasteiger partial charge in [0, 0.05) is 38.4 Å². The van der Waals surface area contributed by atoms with Crippen LogP contribution < -0.4 is 4.90 Å². The predicted molar refractivity (Wildman–Crippen MR) is 98.5 cm³/mol. The number of anilines is 1. The number of nitrogens with zero attached hydrogens (tertiary/aromatic N) is 4. The highest BCUT2D eigenvalue weighted by Crippen LogP contribution is 2.41. The number of aryl methyl sites for hydroxylation is 1. The second-order valence-electron chi connectivity index (χ2n) is 7.67. The Balaban J connectivity index is 1.49. The Hall–Kier alpha value is -2.77. The van der Waals surface area contributed by atoms with Crippen molar-refractivity contribution in [2.24, 2.45) is 12.5 Å². The number of halogens is 2. The van der Waals surface area contributed by atoms with Crippen molar-refractivity contribution < 1.29 is 18.4 Å². The molecule has 0 unspecified atom stereocenters. The number of carbonyl (C=O) groups excluding carboxylic acids is 2. The lowest BCUT2D eigenvalue weighted by Crippen LogP contribution is -2.50. The number of amides is 2. The lowest BCUT2D eigenvalue weighted by molar-refractivity contribution is -0.138. The fraction of sp³-hybridized carbons (Fsp3) is 0.450. The van der Waals surface area contributed by atoms with Crippen molar-refractivity contribution in [3.63, 3.8) is 0 Å².